The third-order valence-electron chi connectivity index (χ3n) is 4.45. The zero-order valence-corrected chi connectivity index (χ0v) is 18.2. The number of carbonyl (C=O) groups is 1. The first-order valence-electron chi connectivity index (χ1n) is 9.34. The monoisotopic (exact) mass is 498 g/mol. The van der Waals surface area contributed by atoms with Crippen molar-refractivity contribution in [3.05, 3.63) is 80.7 Å². The molecular weight excluding hydrogens is 484 g/mol. The average molecular weight is 499 g/mol. The van der Waals surface area contributed by atoms with Crippen molar-refractivity contribution in [3.8, 4) is 11.6 Å². The van der Waals surface area contributed by atoms with Crippen LogP contribution in [0.25, 0.3) is 0 Å². The Balaban J connectivity index is 1.87. The Morgan fingerprint density at radius 3 is 2.47 bits per heavy atom. The predicted molar refractivity (Wildman–Crippen MR) is 116 cm³/mol. The van der Waals surface area contributed by atoms with Gasteiger partial charge in [-0.2, -0.15) is 13.2 Å². The Hall–Kier alpha value is -3.93. The van der Waals surface area contributed by atoms with Gasteiger partial charge in [-0.25, -0.2) is 9.37 Å². The molecule has 0 bridgehead atoms. The molecule has 34 heavy (non-hydrogen) atoms. The van der Waals surface area contributed by atoms with Crippen LogP contribution in [-0.2, 0) is 6.18 Å². The molecule has 0 radical (unpaired) electrons. The lowest BCUT2D eigenvalue weighted by atomic mass is 10.1. The topological polar surface area (TPSA) is 97.6 Å². The number of anilines is 2. The normalized spacial score (nSPS) is 11.1. The molecule has 1 amide bonds. The molecule has 0 saturated carbocycles. The van der Waals surface area contributed by atoms with Crippen molar-refractivity contribution in [1.29, 1.82) is 0 Å². The summed E-state index contributed by atoms with van der Waals surface area (Å²) in [7, 11) is 3.27. The van der Waals surface area contributed by atoms with Gasteiger partial charge in [0, 0.05) is 38.1 Å². The van der Waals surface area contributed by atoms with E-state index >= 15 is 0 Å². The minimum atomic E-state index is -4.62. The van der Waals surface area contributed by atoms with Crippen molar-refractivity contribution in [2.75, 3.05) is 24.3 Å². The van der Waals surface area contributed by atoms with Crippen LogP contribution in [0.4, 0.5) is 34.6 Å². The van der Waals surface area contributed by atoms with Gasteiger partial charge in [-0.05, 0) is 30.3 Å². The van der Waals surface area contributed by atoms with E-state index in [0.29, 0.717) is 18.0 Å². The van der Waals surface area contributed by atoms with Crippen LogP contribution in [0.15, 0.2) is 48.7 Å². The zero-order chi connectivity index (χ0) is 25.2. The average Bonchev–Trinajstić information content (AvgIpc) is 2.75. The third-order valence-corrected chi connectivity index (χ3v) is 4.72. The van der Waals surface area contributed by atoms with Gasteiger partial charge < -0.3 is 15.0 Å². The molecule has 1 N–H and O–H groups in total. The lowest BCUT2D eigenvalue weighted by Gasteiger charge is -2.19. The minimum Gasteiger partial charge on any atom is -0.435 e. The molecule has 13 heteroatoms. The lowest BCUT2D eigenvalue weighted by Crippen LogP contribution is -2.15. The van der Waals surface area contributed by atoms with E-state index in [9.17, 15) is 32.5 Å². The number of halogens is 5. The maximum Gasteiger partial charge on any atom is 0.417 e. The Morgan fingerprint density at radius 2 is 1.88 bits per heavy atom. The van der Waals surface area contributed by atoms with Gasteiger partial charge in [0.05, 0.1) is 21.7 Å². The number of nitro groups is 1. The van der Waals surface area contributed by atoms with Crippen LogP contribution in [0.2, 0.25) is 5.02 Å². The van der Waals surface area contributed by atoms with Gasteiger partial charge in [0.15, 0.2) is 5.75 Å². The van der Waals surface area contributed by atoms with Gasteiger partial charge in [0.25, 0.3) is 11.6 Å². The van der Waals surface area contributed by atoms with E-state index in [2.05, 4.69) is 10.3 Å². The summed E-state index contributed by atoms with van der Waals surface area (Å²) in [6.45, 7) is 0. The van der Waals surface area contributed by atoms with Crippen LogP contribution in [0.1, 0.15) is 15.9 Å². The Morgan fingerprint density at radius 1 is 1.18 bits per heavy atom. The van der Waals surface area contributed by atoms with Crippen molar-refractivity contribution in [1.82, 2.24) is 4.98 Å². The van der Waals surface area contributed by atoms with Gasteiger partial charge in [0.1, 0.15) is 10.8 Å². The van der Waals surface area contributed by atoms with Crippen LogP contribution >= 0.6 is 11.6 Å². The molecule has 0 atom stereocenters. The smallest absolute Gasteiger partial charge is 0.417 e. The molecule has 0 unspecified atom stereocenters. The quantitative estimate of drug-likeness (QED) is 0.258. The number of amides is 1. The molecule has 3 rings (SSSR count). The maximum atomic E-state index is 14.0. The number of pyridine rings is 1. The number of hydrogen-bond donors (Lipinski definition) is 1. The summed E-state index contributed by atoms with van der Waals surface area (Å²) in [5, 5.41) is 13.0. The van der Waals surface area contributed by atoms with Crippen molar-refractivity contribution >= 4 is 34.6 Å². The maximum absolute atomic E-state index is 14.0. The first kappa shape index (κ1) is 24.7. The van der Waals surface area contributed by atoms with Crippen molar-refractivity contribution in [2.24, 2.45) is 0 Å². The molecule has 3 aromatic rings. The van der Waals surface area contributed by atoms with E-state index < -0.39 is 39.6 Å². The number of nitro benzene ring substituents is 1. The number of rotatable bonds is 6. The second kappa shape index (κ2) is 9.51. The molecule has 2 aromatic carbocycles. The third kappa shape index (κ3) is 5.52. The van der Waals surface area contributed by atoms with E-state index in [-0.39, 0.29) is 22.3 Å². The van der Waals surface area contributed by atoms with E-state index in [1.54, 1.807) is 19.0 Å². The fourth-order valence-electron chi connectivity index (χ4n) is 2.79. The fourth-order valence-corrected chi connectivity index (χ4v) is 2.99. The number of benzene rings is 2. The largest absolute Gasteiger partial charge is 0.435 e. The number of alkyl halides is 3. The first-order chi connectivity index (χ1) is 15.9. The van der Waals surface area contributed by atoms with Crippen LogP contribution in [0, 0.1) is 15.9 Å². The van der Waals surface area contributed by atoms with Crippen LogP contribution in [-0.4, -0.2) is 29.9 Å². The molecule has 0 aliphatic carbocycles. The summed E-state index contributed by atoms with van der Waals surface area (Å²) < 4.78 is 58.1. The highest BCUT2D eigenvalue weighted by molar-refractivity contribution is 6.31. The number of non-ortho nitro benzene ring substituents is 1. The van der Waals surface area contributed by atoms with Crippen molar-refractivity contribution in [2.45, 2.75) is 6.18 Å². The van der Waals surface area contributed by atoms with E-state index in [0.717, 1.165) is 18.2 Å². The van der Waals surface area contributed by atoms with Gasteiger partial charge in [-0.15, -0.1) is 0 Å². The molecule has 8 nitrogen and oxygen atoms in total. The minimum absolute atomic E-state index is 0.152. The van der Waals surface area contributed by atoms with Gasteiger partial charge >= 0.3 is 6.18 Å². The number of nitrogens with zero attached hydrogens (tertiary/aromatic N) is 3. The Kier molecular flexibility index (Phi) is 6.91. The summed E-state index contributed by atoms with van der Waals surface area (Å²) in [4.78, 5) is 27.8. The van der Waals surface area contributed by atoms with Crippen LogP contribution in [0.3, 0.4) is 0 Å². The first-order valence-corrected chi connectivity index (χ1v) is 9.72. The summed E-state index contributed by atoms with van der Waals surface area (Å²) in [5.41, 5.74) is -1.45. The molecule has 1 aromatic heterocycles. The number of ether oxygens (including phenoxy) is 1. The molecular formula is C21H15ClF4N4O4. The van der Waals surface area contributed by atoms with Gasteiger partial charge in [-0.1, -0.05) is 11.6 Å². The molecule has 0 fully saturated rings. The highest BCUT2D eigenvalue weighted by Gasteiger charge is 2.32. The SMILES string of the molecule is CN(C)c1cc(NC(=O)c2cc([N+](=O)[O-])ccc2F)ccc1Oc1ncc(C(F)(F)F)cc1Cl. The van der Waals surface area contributed by atoms with Gasteiger partial charge in [0.2, 0.25) is 5.88 Å². The Bertz CT molecular complexity index is 1270. The number of hydrogen-bond acceptors (Lipinski definition) is 6. The zero-order valence-electron chi connectivity index (χ0n) is 17.5. The highest BCUT2D eigenvalue weighted by Crippen LogP contribution is 2.38. The second-order valence-corrected chi connectivity index (χ2v) is 7.47. The van der Waals surface area contributed by atoms with E-state index in [1.165, 1.54) is 18.2 Å². The summed E-state index contributed by atoms with van der Waals surface area (Å²) in [5.74, 6) is -1.99. The van der Waals surface area contributed by atoms with Crippen LogP contribution < -0.4 is 15.0 Å². The predicted octanol–water partition coefficient (Wildman–Crippen LogP) is 5.91. The fraction of sp³-hybridized carbons (Fsp3) is 0.143. The highest BCUT2D eigenvalue weighted by atomic mass is 35.5. The number of nitrogens with one attached hydrogen (secondary N) is 1. The van der Waals surface area contributed by atoms with Crippen molar-refractivity contribution in [3.63, 3.8) is 0 Å². The summed E-state index contributed by atoms with van der Waals surface area (Å²) >= 11 is 5.89. The summed E-state index contributed by atoms with van der Waals surface area (Å²) in [6.07, 6.45) is -4.04. The Labute approximate surface area is 194 Å². The number of aromatic nitrogens is 1. The second-order valence-electron chi connectivity index (χ2n) is 7.06. The number of carbonyl (C=O) groups excluding carboxylic acids is 1. The molecule has 0 saturated heterocycles. The molecule has 178 valence electrons. The van der Waals surface area contributed by atoms with Crippen LogP contribution in [0.5, 0.6) is 11.6 Å². The van der Waals surface area contributed by atoms with E-state index in [1.807, 2.05) is 0 Å². The molecule has 0 aliphatic rings. The standard InChI is InChI=1S/C21H15ClF4N4O4/c1-29(2)17-8-12(28-19(31)14-9-13(30(32)33)4-5-16(14)23)3-6-18(17)34-20-15(22)7-11(10-27-20)21(24,25)26/h3-10H,1-2H3,(H,28,31). The summed E-state index contributed by atoms with van der Waals surface area (Å²) in [6, 6.07) is 7.46. The lowest BCUT2D eigenvalue weighted by molar-refractivity contribution is -0.384. The molecule has 0 aliphatic heterocycles. The van der Waals surface area contributed by atoms with Gasteiger partial charge in [-0.3, -0.25) is 14.9 Å². The van der Waals surface area contributed by atoms with Crippen molar-refractivity contribution < 1.29 is 32.0 Å². The van der Waals surface area contributed by atoms with E-state index in [4.69, 9.17) is 16.3 Å². The molecule has 0 spiro atoms. The molecule has 1 heterocycles.